The molecule has 0 atom stereocenters. The van der Waals surface area contributed by atoms with E-state index in [9.17, 15) is 0 Å². The van der Waals surface area contributed by atoms with Crippen molar-refractivity contribution in [3.63, 3.8) is 0 Å². The fourth-order valence-corrected chi connectivity index (χ4v) is 30.1. The molecule has 0 aliphatic heterocycles. The number of terminal acetylenes is 1. The summed E-state index contributed by atoms with van der Waals surface area (Å²) in [6.45, 7) is 13.0. The molecule has 0 aromatic heterocycles. The maximum Gasteiger partial charge on any atom is -0.0134 e. The Kier molecular flexibility index (Phi) is 44.4. The van der Waals surface area contributed by atoms with Crippen LogP contribution in [0, 0.1) is 27.0 Å². The fraction of sp³-hybridized carbons (Fsp3) is 0.133. The molecule has 0 saturated heterocycles. The number of hydrogen-bond donors (Lipinski definition) is 0. The SMILES string of the molecule is C#C[Si](C)(C)C.COc1c(Cl)cc(C#C[Si](C)(C)C)cc1Cl.COc1c(Cl)cc(I)cc1Cl.S=S=S=S=S=S=S=S=S=S.[Cl][Pd][Cl].c1ccc(P(c2ccccc2)c2ccccc2)cc1.c1ccc(P(c2ccccc2)c2ccccc2)cc1. The first kappa shape index (κ1) is 79.2. The summed E-state index contributed by atoms with van der Waals surface area (Å²) in [4.78, 5) is 0. The van der Waals surface area contributed by atoms with Crippen molar-refractivity contribution in [2.75, 3.05) is 14.2 Å². The van der Waals surface area contributed by atoms with Crippen LogP contribution < -0.4 is 41.3 Å². The minimum absolute atomic E-state index is 0.106. The van der Waals surface area contributed by atoms with Crippen LogP contribution in [0.25, 0.3) is 0 Å². The zero-order chi connectivity index (χ0) is 62.2. The molecule has 8 aromatic rings. The van der Waals surface area contributed by atoms with Crippen molar-refractivity contribution in [1.82, 2.24) is 0 Å². The Morgan fingerprint density at radius 1 is 0.440 bits per heavy atom. The Hall–Kier alpha value is -0.894. The standard InChI is InChI=1S/2C18H15P.C12H14Cl2OSi.C7H5Cl2IO.C5H10Si.2ClH.Pd.S10/c2*1-4-10-16(11-5-1)19(17-12-6-2-7-13-17)18-14-8-3-9-15-18;1-15-12-10(13)7-9(8-11(12)14)5-6-16(2,3)4;1-11-7-5(8)2-4(10)3-6(7)9;1-5-6(2,3)4;;;;1-3-5-7-9-10-8-6-4-2/h2*1-15H;7-8H,1-4H3;2-3H,1H3;1H,2-4H3;2*1H;;/q;;;;;;;+2;/p-2. The average molecular weight is 1700 g/mol. The predicted octanol–water partition coefficient (Wildman–Crippen LogP) is 17.6. The summed E-state index contributed by atoms with van der Waals surface area (Å²) >= 11 is 35.0. The monoisotopic (exact) mass is 1690 g/mol. The van der Waals surface area contributed by atoms with Crippen molar-refractivity contribution in [2.24, 2.45) is 0 Å². The first-order valence-corrected chi connectivity index (χ1v) is 52.6. The largest absolute Gasteiger partial charge is 0.0622 e. The third-order valence-electron chi connectivity index (χ3n) is 9.67. The summed E-state index contributed by atoms with van der Waals surface area (Å²) in [6.07, 6.45) is 5.12. The number of benzene rings is 8. The molecule has 0 heterocycles. The summed E-state index contributed by atoms with van der Waals surface area (Å²) in [6, 6.07) is 71.8. The molecular weight excluding hydrogens is 1640 g/mol. The molecule has 0 aliphatic carbocycles. The molecule has 84 heavy (non-hydrogen) atoms. The summed E-state index contributed by atoms with van der Waals surface area (Å²) in [5.41, 5.74) is 6.84. The van der Waals surface area contributed by atoms with Gasteiger partial charge in [-0.1, -0.05) is 274 Å². The Morgan fingerprint density at radius 2 is 0.667 bits per heavy atom. The second-order valence-corrected chi connectivity index (χ2v) is 51.4. The van der Waals surface area contributed by atoms with E-state index in [0.717, 1.165) is 9.13 Å². The first-order chi connectivity index (χ1) is 40.3. The molecule has 2 nitrogen and oxygen atoms in total. The molecule has 0 unspecified atom stereocenters. The Morgan fingerprint density at radius 3 is 0.869 bits per heavy atom. The molecule has 448 valence electrons. The molecule has 0 amide bonds. The van der Waals surface area contributed by atoms with Gasteiger partial charge < -0.3 is 9.47 Å². The Balaban J connectivity index is 0.000000352. The number of methoxy groups -OCH3 is 2. The van der Waals surface area contributed by atoms with Crippen LogP contribution in [0.1, 0.15) is 5.56 Å². The van der Waals surface area contributed by atoms with Gasteiger partial charge in [-0.25, -0.2) is 0 Å². The van der Waals surface area contributed by atoms with Gasteiger partial charge in [0.1, 0.15) is 16.1 Å². The van der Waals surface area contributed by atoms with Crippen LogP contribution in [0.3, 0.4) is 0 Å². The number of hydrogen-bond acceptors (Lipinski definition) is 4. The van der Waals surface area contributed by atoms with Gasteiger partial charge >= 0.3 is 35.0 Å². The summed E-state index contributed by atoms with van der Waals surface area (Å²) in [5, 5.41) is 10.5. The van der Waals surface area contributed by atoms with Gasteiger partial charge in [-0.3, -0.25) is 0 Å². The predicted molar refractivity (Wildman–Crippen MR) is 417 cm³/mol. The zero-order valence-electron chi connectivity index (χ0n) is 46.5. The third-order valence-corrected chi connectivity index (χ3v) is 33.6. The molecule has 0 aliphatic rings. The van der Waals surface area contributed by atoms with Gasteiger partial charge in [0.05, 0.1) is 34.3 Å². The zero-order valence-corrected chi connectivity index (χ0v) is 66.7. The van der Waals surface area contributed by atoms with Gasteiger partial charge in [-0.15, -0.1) is 17.5 Å². The van der Waals surface area contributed by atoms with E-state index in [1.165, 1.54) is 49.6 Å². The Bertz CT molecular complexity index is 3310. The molecule has 0 radical (unpaired) electrons. The molecule has 0 bridgehead atoms. The van der Waals surface area contributed by atoms with Crippen molar-refractivity contribution in [3.05, 3.63) is 235 Å². The van der Waals surface area contributed by atoms with E-state index >= 15 is 0 Å². The van der Waals surface area contributed by atoms with Crippen molar-refractivity contribution in [2.45, 2.75) is 39.3 Å². The Labute approximate surface area is 586 Å². The summed E-state index contributed by atoms with van der Waals surface area (Å²) < 4.78 is 11.0. The molecule has 8 aromatic carbocycles. The molecule has 8 rings (SSSR count). The quantitative estimate of drug-likeness (QED) is 0.0653. The second-order valence-electron chi connectivity index (χ2n) is 18.0. The van der Waals surface area contributed by atoms with Crippen LogP contribution in [-0.2, 0) is 109 Å². The van der Waals surface area contributed by atoms with Gasteiger partial charge in [0, 0.05) is 103 Å². The van der Waals surface area contributed by atoms with E-state index in [-0.39, 0.29) is 15.9 Å². The molecule has 0 saturated carbocycles. The van der Waals surface area contributed by atoms with Crippen LogP contribution in [0.2, 0.25) is 59.4 Å². The van der Waals surface area contributed by atoms with Crippen molar-refractivity contribution >= 4 is 245 Å². The van der Waals surface area contributed by atoms with Crippen LogP contribution in [-0.4, -0.2) is 30.4 Å². The van der Waals surface area contributed by atoms with E-state index in [1.807, 2.05) is 0 Å². The molecule has 0 fully saturated rings. The molecule has 0 N–H and O–H groups in total. The normalized spacial score (nSPS) is 9.90. The maximum atomic E-state index is 6.02. The molecule has 0 spiro atoms. The van der Waals surface area contributed by atoms with E-state index in [1.54, 1.807) is 91.8 Å². The molecule has 24 heteroatoms. The summed E-state index contributed by atoms with van der Waals surface area (Å²) in [7, 11) is 22.0. The van der Waals surface area contributed by atoms with Crippen molar-refractivity contribution < 1.29 is 25.4 Å². The third kappa shape index (κ3) is 34.3. The summed E-state index contributed by atoms with van der Waals surface area (Å²) in [5.74, 6) is 4.14. The van der Waals surface area contributed by atoms with Crippen LogP contribution >= 0.6 is 104 Å². The van der Waals surface area contributed by atoms with E-state index in [2.05, 4.69) is 283 Å². The number of rotatable bonds is 8. The topological polar surface area (TPSA) is 18.5 Å². The maximum absolute atomic E-state index is 6.02. The second kappa shape index (κ2) is 47.1. The van der Waals surface area contributed by atoms with Crippen LogP contribution in [0.15, 0.2) is 206 Å². The fourth-order valence-electron chi connectivity index (χ4n) is 6.24. The first-order valence-electron chi connectivity index (χ1n) is 24.3. The van der Waals surface area contributed by atoms with Crippen LogP contribution in [0.4, 0.5) is 0 Å². The van der Waals surface area contributed by atoms with Crippen molar-refractivity contribution in [1.29, 1.82) is 0 Å². The van der Waals surface area contributed by atoms with Gasteiger partial charge in [-0.05, 0) is 94.5 Å². The van der Waals surface area contributed by atoms with Gasteiger partial charge in [0.25, 0.3) is 0 Å². The minimum Gasteiger partial charge on any atom is -0.0622 e. The van der Waals surface area contributed by atoms with Crippen LogP contribution in [0.5, 0.6) is 11.5 Å². The molecular formula is C60H59Cl6IO2P2PdS10Si2. The van der Waals surface area contributed by atoms with E-state index < -0.39 is 32.0 Å². The average Bonchev–Trinajstić information content (AvgIpc) is 3.65. The number of ether oxygens (including phenoxy) is 2. The van der Waals surface area contributed by atoms with Gasteiger partial charge in [0.15, 0.2) is 11.5 Å². The van der Waals surface area contributed by atoms with E-state index in [0.29, 0.717) is 31.6 Å². The minimum atomic E-state index is -1.38. The van der Waals surface area contributed by atoms with Gasteiger partial charge in [-0.2, -0.15) is 0 Å². The smallest absolute Gasteiger partial charge is 0.0134 e. The van der Waals surface area contributed by atoms with Gasteiger partial charge in [0.2, 0.25) is 0 Å². The van der Waals surface area contributed by atoms with Crippen molar-refractivity contribution in [3.8, 4) is 34.9 Å². The number of halogens is 7. The van der Waals surface area contributed by atoms with E-state index in [4.69, 9.17) is 81.4 Å².